The first kappa shape index (κ1) is 35.7. The van der Waals surface area contributed by atoms with Crippen molar-refractivity contribution in [3.63, 3.8) is 0 Å². The topological polar surface area (TPSA) is 80.6 Å². The van der Waals surface area contributed by atoms with Crippen molar-refractivity contribution in [2.75, 3.05) is 13.1 Å². The highest BCUT2D eigenvalue weighted by molar-refractivity contribution is 6.38. The highest BCUT2D eigenvalue weighted by atomic mass is 16.3. The second-order valence-electron chi connectivity index (χ2n) is 16.3. The minimum Gasteiger partial charge on any atom is -0.510 e. The molecule has 0 bridgehead atoms. The summed E-state index contributed by atoms with van der Waals surface area (Å²) in [5, 5.41) is 23.0. The summed E-state index contributed by atoms with van der Waals surface area (Å²) in [5.41, 5.74) is 9.84. The molecule has 0 aromatic heterocycles. The SMILES string of the molecule is CCCC[N+]1=C(C2C(=O)C(c3ccc(-c4ccc(C5=C(O)C(C6=[N+](CCCC)c7ccccc7C6(C)C)C5=O)cc4)cc3)=C2O)C(C)(C)c2ccccc21. The number of rotatable bonds is 11. The van der Waals surface area contributed by atoms with Crippen molar-refractivity contribution >= 4 is 45.5 Å². The van der Waals surface area contributed by atoms with Gasteiger partial charge in [0.2, 0.25) is 11.4 Å². The van der Waals surface area contributed by atoms with Crippen LogP contribution < -0.4 is 0 Å². The van der Waals surface area contributed by atoms with Crippen LogP contribution in [0.5, 0.6) is 0 Å². The molecule has 8 rings (SSSR count). The number of carbonyl (C=O) groups excluding carboxylic acids is 2. The molecule has 0 radical (unpaired) electrons. The zero-order chi connectivity index (χ0) is 38.1. The molecule has 2 aliphatic heterocycles. The molecule has 2 unspecified atom stereocenters. The number of allylic oxidation sites excluding steroid dienone is 4. The fraction of sp³-hybridized carbons (Fsp3) is 0.333. The van der Waals surface area contributed by atoms with E-state index in [2.05, 4.69) is 75.0 Å². The van der Waals surface area contributed by atoms with E-state index in [1.807, 2.05) is 72.8 Å². The summed E-state index contributed by atoms with van der Waals surface area (Å²) >= 11 is 0. The monoisotopic (exact) mass is 718 g/mol. The molecule has 4 aliphatic rings. The molecule has 2 heterocycles. The van der Waals surface area contributed by atoms with E-state index in [0.717, 1.165) is 72.7 Å². The third-order valence-corrected chi connectivity index (χ3v) is 12.4. The summed E-state index contributed by atoms with van der Waals surface area (Å²) in [7, 11) is 0. The van der Waals surface area contributed by atoms with E-state index in [1.54, 1.807) is 0 Å². The Morgan fingerprint density at radius 3 is 1.19 bits per heavy atom. The molecule has 274 valence electrons. The Bertz CT molecular complexity index is 2180. The Morgan fingerprint density at radius 2 is 0.852 bits per heavy atom. The van der Waals surface area contributed by atoms with Crippen molar-refractivity contribution in [1.29, 1.82) is 0 Å². The van der Waals surface area contributed by atoms with Crippen molar-refractivity contribution in [3.8, 4) is 11.1 Å². The summed E-state index contributed by atoms with van der Waals surface area (Å²) in [6, 6.07) is 32.1. The average molecular weight is 719 g/mol. The Kier molecular flexibility index (Phi) is 8.71. The number of nitrogens with zero attached hydrogens (tertiary/aromatic N) is 2. The van der Waals surface area contributed by atoms with E-state index in [0.29, 0.717) is 22.3 Å². The van der Waals surface area contributed by atoms with E-state index in [4.69, 9.17) is 0 Å². The second-order valence-corrected chi connectivity index (χ2v) is 16.3. The zero-order valence-electron chi connectivity index (χ0n) is 32.2. The lowest BCUT2D eigenvalue weighted by Crippen LogP contribution is -2.46. The molecule has 2 N–H and O–H groups in total. The predicted octanol–water partition coefficient (Wildman–Crippen LogP) is 10.0. The first-order valence-corrected chi connectivity index (χ1v) is 19.6. The van der Waals surface area contributed by atoms with Crippen LogP contribution in [0.15, 0.2) is 109 Å². The van der Waals surface area contributed by atoms with Gasteiger partial charge in [-0.1, -0.05) is 112 Å². The molecule has 6 heteroatoms. The van der Waals surface area contributed by atoms with Crippen molar-refractivity contribution < 1.29 is 29.0 Å². The number of hydrogen-bond donors (Lipinski definition) is 2. The smallest absolute Gasteiger partial charge is 0.209 e. The number of aliphatic hydroxyl groups is 2. The van der Waals surface area contributed by atoms with Gasteiger partial charge >= 0.3 is 0 Å². The number of aliphatic hydroxyl groups excluding tert-OH is 2. The predicted molar refractivity (Wildman–Crippen MR) is 216 cm³/mol. The third-order valence-electron chi connectivity index (χ3n) is 12.4. The Labute approximate surface area is 318 Å². The summed E-state index contributed by atoms with van der Waals surface area (Å²) in [6.45, 7) is 14.6. The fourth-order valence-corrected chi connectivity index (χ4v) is 9.50. The Hall–Kier alpha value is -5.36. The summed E-state index contributed by atoms with van der Waals surface area (Å²) in [4.78, 5) is 27.8. The second kappa shape index (κ2) is 13.2. The van der Waals surface area contributed by atoms with Crippen LogP contribution in [0, 0.1) is 11.8 Å². The Balaban J connectivity index is 1.04. The first-order valence-electron chi connectivity index (χ1n) is 19.6. The van der Waals surface area contributed by atoms with Crippen LogP contribution in [0.4, 0.5) is 11.4 Å². The van der Waals surface area contributed by atoms with Gasteiger partial charge in [-0.2, -0.15) is 9.15 Å². The normalized spacial score (nSPS) is 21.1. The number of benzene rings is 4. The maximum Gasteiger partial charge on any atom is 0.209 e. The van der Waals surface area contributed by atoms with E-state index in [1.165, 1.54) is 11.1 Å². The molecule has 0 saturated carbocycles. The number of para-hydroxylation sites is 2. The highest BCUT2D eigenvalue weighted by Crippen LogP contribution is 2.50. The van der Waals surface area contributed by atoms with Gasteiger partial charge in [-0.3, -0.25) is 9.59 Å². The van der Waals surface area contributed by atoms with Gasteiger partial charge in [0.15, 0.2) is 34.8 Å². The molecule has 0 spiro atoms. The molecule has 54 heavy (non-hydrogen) atoms. The number of carbonyl (C=O) groups is 2. The Morgan fingerprint density at radius 1 is 0.519 bits per heavy atom. The molecule has 6 nitrogen and oxygen atoms in total. The maximum absolute atomic E-state index is 13.9. The van der Waals surface area contributed by atoms with E-state index in [9.17, 15) is 19.8 Å². The van der Waals surface area contributed by atoms with Gasteiger partial charge in [0.1, 0.15) is 24.6 Å². The highest BCUT2D eigenvalue weighted by Gasteiger charge is 2.58. The molecule has 2 aliphatic carbocycles. The van der Waals surface area contributed by atoms with Crippen LogP contribution in [-0.2, 0) is 20.4 Å². The van der Waals surface area contributed by atoms with Gasteiger partial charge in [-0.05, 0) is 49.9 Å². The van der Waals surface area contributed by atoms with E-state index >= 15 is 0 Å². The first-order chi connectivity index (χ1) is 25.9. The van der Waals surface area contributed by atoms with Gasteiger partial charge in [0.25, 0.3) is 0 Å². The molecule has 0 fully saturated rings. The van der Waals surface area contributed by atoms with Crippen molar-refractivity contribution in [2.24, 2.45) is 11.8 Å². The largest absolute Gasteiger partial charge is 0.510 e. The summed E-state index contributed by atoms with van der Waals surface area (Å²) in [5.74, 6) is -1.12. The van der Waals surface area contributed by atoms with Crippen LogP contribution in [0.3, 0.4) is 0 Å². The fourth-order valence-electron chi connectivity index (χ4n) is 9.50. The number of ketones is 2. The minimum atomic E-state index is -0.654. The molecule has 0 saturated heterocycles. The summed E-state index contributed by atoms with van der Waals surface area (Å²) < 4.78 is 4.54. The summed E-state index contributed by atoms with van der Waals surface area (Å²) in [6.07, 6.45) is 4.07. The lowest BCUT2D eigenvalue weighted by molar-refractivity contribution is -0.441. The van der Waals surface area contributed by atoms with Crippen LogP contribution in [0.25, 0.3) is 22.3 Å². The van der Waals surface area contributed by atoms with Crippen LogP contribution in [0.1, 0.15) is 89.5 Å². The van der Waals surface area contributed by atoms with Gasteiger partial charge in [0, 0.05) is 36.1 Å². The molecular formula is C48H50N2O4+2. The molecule has 0 amide bonds. The number of Topliss-reactive ketones (excluding diaryl/α,β-unsaturated/α-hetero) is 2. The number of unbranched alkanes of at least 4 members (excludes halogenated alkanes) is 2. The van der Waals surface area contributed by atoms with Gasteiger partial charge in [-0.15, -0.1) is 0 Å². The van der Waals surface area contributed by atoms with Gasteiger partial charge in [0.05, 0.1) is 22.0 Å². The molecule has 4 aromatic rings. The van der Waals surface area contributed by atoms with Crippen LogP contribution >= 0.6 is 0 Å². The van der Waals surface area contributed by atoms with E-state index in [-0.39, 0.29) is 33.9 Å². The minimum absolute atomic E-state index is 0.0462. The number of fused-ring (bicyclic) bond motifs is 2. The standard InChI is InChI=1S/C48H48N2O4/c1-7-9-27-49-35-17-13-11-15-33(35)47(3,4)45(49)39-41(51)37(42(39)52)31-23-19-29(20-24-31)30-21-25-32(26-22-30)38-43(53)40(44(38)54)46-48(5,6)34-16-12-14-18-36(34)50(46)28-10-8-2/h11-26,39-40H,7-10,27-28H2,1-6H3/p+2. The van der Waals surface area contributed by atoms with Crippen molar-refractivity contribution in [2.45, 2.75) is 78.1 Å². The maximum atomic E-state index is 13.9. The average Bonchev–Trinajstić information content (AvgIpc) is 3.52. The lowest BCUT2D eigenvalue weighted by atomic mass is 9.67. The zero-order valence-corrected chi connectivity index (χ0v) is 32.2. The number of hydrogen-bond acceptors (Lipinski definition) is 4. The van der Waals surface area contributed by atoms with Gasteiger partial charge < -0.3 is 10.2 Å². The lowest BCUT2D eigenvalue weighted by Gasteiger charge is -2.31. The van der Waals surface area contributed by atoms with Crippen LogP contribution in [0.2, 0.25) is 0 Å². The molecule has 4 aromatic carbocycles. The van der Waals surface area contributed by atoms with Crippen LogP contribution in [-0.4, -0.2) is 55.4 Å². The van der Waals surface area contributed by atoms with E-state index < -0.39 is 11.8 Å². The van der Waals surface area contributed by atoms with Crippen molar-refractivity contribution in [1.82, 2.24) is 0 Å². The van der Waals surface area contributed by atoms with Crippen molar-refractivity contribution in [3.05, 3.63) is 131 Å². The molecular weight excluding hydrogens is 669 g/mol. The molecule has 2 atom stereocenters. The third kappa shape index (κ3) is 5.20. The van der Waals surface area contributed by atoms with Gasteiger partial charge in [-0.25, -0.2) is 0 Å². The quantitative estimate of drug-likeness (QED) is 0.151.